The Morgan fingerprint density at radius 3 is 2.66 bits per heavy atom. The number of carbonyl (C=O) groups excluding carboxylic acids is 2. The summed E-state index contributed by atoms with van der Waals surface area (Å²) in [7, 11) is 1.83. The van der Waals surface area contributed by atoms with E-state index in [0.29, 0.717) is 17.1 Å². The minimum atomic E-state index is -0.417. The van der Waals surface area contributed by atoms with E-state index in [2.05, 4.69) is 22.4 Å². The average Bonchev–Trinajstić information content (AvgIpc) is 3.23. The minimum Gasteiger partial charge on any atom is -0.444 e. The van der Waals surface area contributed by atoms with Crippen molar-refractivity contribution >= 4 is 29.9 Å². The maximum Gasteiger partial charge on any atom is 0.410 e. The van der Waals surface area contributed by atoms with Crippen molar-refractivity contribution in [1.29, 1.82) is 0 Å². The van der Waals surface area contributed by atoms with Gasteiger partial charge in [-0.2, -0.15) is 0 Å². The highest BCUT2D eigenvalue weighted by Crippen LogP contribution is 2.25. The molecule has 0 aromatic heterocycles. The number of aldehydes is 1. The zero-order chi connectivity index (χ0) is 23.7. The molecule has 1 fully saturated rings. The van der Waals surface area contributed by atoms with Gasteiger partial charge in [0.1, 0.15) is 11.4 Å². The molecule has 3 rings (SSSR count). The fourth-order valence-corrected chi connectivity index (χ4v) is 4.10. The number of allylic oxidation sites excluding steroid dienone is 4. The van der Waals surface area contributed by atoms with Gasteiger partial charge in [-0.3, -0.25) is 10.2 Å². The van der Waals surface area contributed by atoms with Crippen LogP contribution in [0.25, 0.3) is 5.57 Å². The molecule has 1 heterocycles. The van der Waals surface area contributed by atoms with E-state index >= 15 is 0 Å². The molecule has 176 valence electrons. The number of hydrazine groups is 1. The number of rotatable bonds is 5. The first-order valence-corrected chi connectivity index (χ1v) is 11.7. The number of ether oxygens (including phenoxy) is 1. The summed E-state index contributed by atoms with van der Waals surface area (Å²) < 4.78 is 18.8. The molecule has 1 aromatic rings. The molecular weight excluding hydrogens is 429 g/mol. The Balaban J connectivity index is 0.000000227. The Labute approximate surface area is 194 Å². The van der Waals surface area contributed by atoms with Crippen LogP contribution in [0, 0.1) is 12.7 Å². The molecule has 0 bridgehead atoms. The first-order valence-electron chi connectivity index (χ1n) is 10.8. The highest BCUT2D eigenvalue weighted by molar-refractivity contribution is 7.98. The van der Waals surface area contributed by atoms with Crippen molar-refractivity contribution < 1.29 is 18.7 Å². The fourth-order valence-electron chi connectivity index (χ4n) is 3.34. The zero-order valence-electron chi connectivity index (χ0n) is 19.5. The highest BCUT2D eigenvalue weighted by Gasteiger charge is 2.29. The molecule has 6 nitrogen and oxygen atoms in total. The number of carbonyl (C=O) groups is 2. The molecule has 2 N–H and O–H groups in total. The van der Waals surface area contributed by atoms with E-state index in [1.54, 1.807) is 35.9 Å². The summed E-state index contributed by atoms with van der Waals surface area (Å²) in [5, 5.41) is 0.431. The van der Waals surface area contributed by atoms with Crippen molar-refractivity contribution in [2.75, 3.05) is 20.1 Å². The Morgan fingerprint density at radius 2 is 2.06 bits per heavy atom. The maximum atomic E-state index is 13.5. The summed E-state index contributed by atoms with van der Waals surface area (Å²) in [5.41, 5.74) is 5.07. The summed E-state index contributed by atoms with van der Waals surface area (Å²) in [6.45, 7) is 8.85. The van der Waals surface area contributed by atoms with Crippen LogP contribution in [0.1, 0.15) is 61.5 Å². The van der Waals surface area contributed by atoms with E-state index in [1.807, 2.05) is 33.9 Å². The molecule has 32 heavy (non-hydrogen) atoms. The van der Waals surface area contributed by atoms with E-state index in [0.717, 1.165) is 43.5 Å². The van der Waals surface area contributed by atoms with Crippen molar-refractivity contribution in [3.63, 3.8) is 0 Å². The third kappa shape index (κ3) is 8.07. The SMILES string of the molecule is CNNSC1CCN(C(=O)OC(C)(C)C)C1.Cc1cc(C2=CCCC=C2)cc(C=O)c1F. The summed E-state index contributed by atoms with van der Waals surface area (Å²) in [6.07, 6.45) is 9.63. The van der Waals surface area contributed by atoms with Crippen LogP contribution in [-0.2, 0) is 4.74 Å². The van der Waals surface area contributed by atoms with Crippen LogP contribution in [0.2, 0.25) is 0 Å². The van der Waals surface area contributed by atoms with Crippen LogP contribution < -0.4 is 10.3 Å². The number of likely N-dealkylation sites (tertiary alicyclic amines) is 1. The van der Waals surface area contributed by atoms with Gasteiger partial charge in [0, 0.05) is 18.3 Å². The standard InChI is InChI=1S/C14H13FO.C10H21N3O2S/c1-10-7-12(8-13(9-16)14(10)15)11-5-3-2-4-6-11;1-10(2,3)15-9(14)13-6-5-8(7-13)16-12-11-4/h3,5-9H,2,4H2,1H3;8,11-12H,5-7H2,1-4H3. The second-order valence-electron chi connectivity index (χ2n) is 8.76. The quantitative estimate of drug-likeness (QED) is 0.362. The van der Waals surface area contributed by atoms with Gasteiger partial charge in [0.25, 0.3) is 0 Å². The molecule has 0 saturated carbocycles. The Hall–Kier alpha value is -2.16. The molecule has 1 atom stereocenters. The molecule has 1 amide bonds. The topological polar surface area (TPSA) is 70.7 Å². The van der Waals surface area contributed by atoms with E-state index in [4.69, 9.17) is 4.74 Å². The normalized spacial score (nSPS) is 18.0. The number of benzene rings is 1. The van der Waals surface area contributed by atoms with Crippen LogP contribution >= 0.6 is 11.9 Å². The Bertz CT molecular complexity index is 865. The molecule has 8 heteroatoms. The fraction of sp³-hybridized carbons (Fsp3) is 0.500. The Kier molecular flexibility index (Phi) is 9.93. The van der Waals surface area contributed by atoms with E-state index in [9.17, 15) is 14.0 Å². The van der Waals surface area contributed by atoms with Gasteiger partial charge in [0.05, 0.1) is 5.56 Å². The van der Waals surface area contributed by atoms with Gasteiger partial charge in [0.15, 0.2) is 6.29 Å². The van der Waals surface area contributed by atoms with Gasteiger partial charge in [0.2, 0.25) is 0 Å². The second kappa shape index (κ2) is 12.2. The van der Waals surface area contributed by atoms with Gasteiger partial charge in [-0.05, 0) is 82.8 Å². The van der Waals surface area contributed by atoms with Crippen LogP contribution in [0.5, 0.6) is 0 Å². The lowest BCUT2D eigenvalue weighted by molar-refractivity contribution is 0.0295. The lowest BCUT2D eigenvalue weighted by Crippen LogP contribution is -2.36. The maximum absolute atomic E-state index is 13.5. The molecule has 1 unspecified atom stereocenters. The zero-order valence-corrected chi connectivity index (χ0v) is 20.4. The predicted octanol–water partition coefficient (Wildman–Crippen LogP) is 5.05. The molecule has 1 saturated heterocycles. The molecule has 1 aromatic carbocycles. The smallest absolute Gasteiger partial charge is 0.410 e. The molecule has 1 aliphatic heterocycles. The number of amides is 1. The lowest BCUT2D eigenvalue weighted by atomic mass is 9.96. The summed E-state index contributed by atoms with van der Waals surface area (Å²) in [6, 6.07) is 3.39. The van der Waals surface area contributed by atoms with E-state index < -0.39 is 11.4 Å². The van der Waals surface area contributed by atoms with E-state index in [-0.39, 0.29) is 11.7 Å². The number of nitrogens with zero attached hydrogens (tertiary/aromatic N) is 1. The number of nitrogens with one attached hydrogen (secondary N) is 2. The lowest BCUT2D eigenvalue weighted by Gasteiger charge is -2.24. The first-order chi connectivity index (χ1) is 15.1. The van der Waals surface area contributed by atoms with Crippen LogP contribution in [0.3, 0.4) is 0 Å². The summed E-state index contributed by atoms with van der Waals surface area (Å²) in [4.78, 5) is 27.2. The molecule has 0 radical (unpaired) electrons. The Morgan fingerprint density at radius 1 is 1.31 bits per heavy atom. The van der Waals surface area contributed by atoms with Crippen molar-refractivity contribution in [2.24, 2.45) is 0 Å². The van der Waals surface area contributed by atoms with Crippen molar-refractivity contribution in [1.82, 2.24) is 15.2 Å². The molecule has 1 aliphatic carbocycles. The largest absolute Gasteiger partial charge is 0.444 e. The van der Waals surface area contributed by atoms with Crippen molar-refractivity contribution in [2.45, 2.75) is 57.8 Å². The molecular formula is C24H34FN3O3S. The number of hydrogen-bond acceptors (Lipinski definition) is 6. The van der Waals surface area contributed by atoms with Crippen molar-refractivity contribution in [3.05, 3.63) is 52.9 Å². The monoisotopic (exact) mass is 463 g/mol. The minimum absolute atomic E-state index is 0.134. The van der Waals surface area contributed by atoms with Crippen LogP contribution in [0.4, 0.5) is 9.18 Å². The van der Waals surface area contributed by atoms with E-state index in [1.165, 1.54) is 0 Å². The predicted molar refractivity (Wildman–Crippen MR) is 129 cm³/mol. The van der Waals surface area contributed by atoms with Gasteiger partial charge in [-0.25, -0.2) is 14.0 Å². The van der Waals surface area contributed by atoms with Gasteiger partial charge < -0.3 is 9.64 Å². The van der Waals surface area contributed by atoms with Crippen LogP contribution in [0.15, 0.2) is 30.4 Å². The molecule has 0 spiro atoms. The van der Waals surface area contributed by atoms with Gasteiger partial charge in [-0.1, -0.05) is 30.2 Å². The number of halogens is 1. The third-order valence-corrected chi connectivity index (χ3v) is 5.90. The summed E-state index contributed by atoms with van der Waals surface area (Å²) in [5.74, 6) is -0.417. The first kappa shape index (κ1) is 26.1. The molecule has 2 aliphatic rings. The average molecular weight is 464 g/mol. The summed E-state index contributed by atoms with van der Waals surface area (Å²) >= 11 is 1.61. The number of aryl methyl sites for hydroxylation is 1. The second-order valence-corrected chi connectivity index (χ2v) is 9.87. The van der Waals surface area contributed by atoms with Gasteiger partial charge in [-0.15, -0.1) is 0 Å². The van der Waals surface area contributed by atoms with Gasteiger partial charge >= 0.3 is 6.09 Å². The third-order valence-electron chi connectivity index (χ3n) is 4.86. The van der Waals surface area contributed by atoms with Crippen LogP contribution in [-0.4, -0.2) is 48.3 Å². The highest BCUT2D eigenvalue weighted by atomic mass is 32.2. The van der Waals surface area contributed by atoms with Crippen molar-refractivity contribution in [3.8, 4) is 0 Å². The number of hydrogen-bond donors (Lipinski definition) is 2.